The highest BCUT2D eigenvalue weighted by Crippen LogP contribution is 2.42. The van der Waals surface area contributed by atoms with Gasteiger partial charge in [0.2, 0.25) is 0 Å². The molecule has 0 saturated carbocycles. The van der Waals surface area contributed by atoms with E-state index in [4.69, 9.17) is 28.2 Å². The van der Waals surface area contributed by atoms with Crippen molar-refractivity contribution in [3.8, 4) is 16.9 Å². The van der Waals surface area contributed by atoms with Crippen molar-refractivity contribution in [1.29, 1.82) is 0 Å². The van der Waals surface area contributed by atoms with E-state index in [2.05, 4.69) is 10.00 Å². The lowest BCUT2D eigenvalue weighted by molar-refractivity contribution is 0.631. The third-order valence-corrected chi connectivity index (χ3v) is 4.91. The van der Waals surface area contributed by atoms with Crippen LogP contribution in [0.4, 0.5) is 10.2 Å². The first-order valence-electron chi connectivity index (χ1n) is 8.05. The van der Waals surface area contributed by atoms with Crippen LogP contribution in [0.5, 0.6) is 0 Å². The predicted octanol–water partition coefficient (Wildman–Crippen LogP) is 4.98. The van der Waals surface area contributed by atoms with E-state index in [1.165, 1.54) is 6.07 Å². The minimum Gasteiger partial charge on any atom is -0.356 e. The third-order valence-electron chi connectivity index (χ3n) is 4.30. The molecule has 0 aliphatic carbocycles. The van der Waals surface area contributed by atoms with Gasteiger partial charge in [-0.1, -0.05) is 29.3 Å². The Labute approximate surface area is 154 Å². The Morgan fingerprint density at radius 3 is 2.48 bits per heavy atom. The van der Waals surface area contributed by atoms with Crippen molar-refractivity contribution < 1.29 is 4.39 Å². The Kier molecular flexibility index (Phi) is 4.36. The van der Waals surface area contributed by atoms with Crippen LogP contribution in [0.2, 0.25) is 10.0 Å². The molecule has 0 amide bonds. The van der Waals surface area contributed by atoms with Crippen LogP contribution in [0.1, 0.15) is 12.8 Å². The molecular weight excluding hydrogens is 362 g/mol. The van der Waals surface area contributed by atoms with Crippen molar-refractivity contribution in [3.63, 3.8) is 0 Å². The van der Waals surface area contributed by atoms with Crippen LogP contribution in [-0.4, -0.2) is 27.9 Å². The maximum Gasteiger partial charge on any atom is 0.157 e. The number of halogens is 3. The number of pyridine rings is 1. The Morgan fingerprint density at radius 2 is 1.80 bits per heavy atom. The highest BCUT2D eigenvalue weighted by molar-refractivity contribution is 6.37. The molecule has 0 atom stereocenters. The number of hydrogen-bond acceptors (Lipinski definition) is 3. The lowest BCUT2D eigenvalue weighted by Crippen LogP contribution is -2.21. The van der Waals surface area contributed by atoms with Gasteiger partial charge in [0.15, 0.2) is 5.82 Å². The summed E-state index contributed by atoms with van der Waals surface area (Å²) in [5, 5.41) is 4.92. The van der Waals surface area contributed by atoms with Gasteiger partial charge < -0.3 is 4.90 Å². The van der Waals surface area contributed by atoms with Gasteiger partial charge in [0, 0.05) is 42.7 Å². The van der Waals surface area contributed by atoms with E-state index < -0.39 is 5.82 Å². The molecule has 1 aromatic carbocycles. The largest absolute Gasteiger partial charge is 0.356 e. The molecule has 0 bridgehead atoms. The fraction of sp³-hybridized carbons (Fsp3) is 0.222. The summed E-state index contributed by atoms with van der Waals surface area (Å²) in [6, 6.07) is 8.12. The molecule has 1 aliphatic heterocycles. The van der Waals surface area contributed by atoms with Crippen molar-refractivity contribution >= 4 is 29.0 Å². The standard InChI is InChI=1S/C18H15Cl2FN4/c19-12-5-3-6-14(21)16(12)17-13(20)11-15(25-10-4-7-22-25)23-18(17)24-8-1-2-9-24/h3-7,10-11H,1-2,8-9H2. The second-order valence-corrected chi connectivity index (χ2v) is 6.72. The van der Waals surface area contributed by atoms with Crippen LogP contribution in [0.25, 0.3) is 16.9 Å². The topological polar surface area (TPSA) is 34.0 Å². The number of aromatic nitrogens is 3. The Balaban J connectivity index is 1.97. The molecule has 1 aliphatic rings. The molecule has 0 spiro atoms. The van der Waals surface area contributed by atoms with Gasteiger partial charge in [-0.2, -0.15) is 5.10 Å². The predicted molar refractivity (Wildman–Crippen MR) is 98.2 cm³/mol. The summed E-state index contributed by atoms with van der Waals surface area (Å²) in [6.45, 7) is 1.70. The lowest BCUT2D eigenvalue weighted by Gasteiger charge is -2.23. The van der Waals surface area contributed by atoms with Gasteiger partial charge in [-0.15, -0.1) is 0 Å². The van der Waals surface area contributed by atoms with Crippen LogP contribution in [-0.2, 0) is 0 Å². The first-order valence-corrected chi connectivity index (χ1v) is 8.80. The molecule has 1 fully saturated rings. The van der Waals surface area contributed by atoms with E-state index in [1.54, 1.807) is 35.3 Å². The number of nitrogens with zero attached hydrogens (tertiary/aromatic N) is 4. The SMILES string of the molecule is Fc1cccc(Cl)c1-c1c(Cl)cc(-n2cccn2)nc1N1CCCC1. The van der Waals surface area contributed by atoms with Gasteiger partial charge in [0.05, 0.1) is 10.0 Å². The highest BCUT2D eigenvalue weighted by atomic mass is 35.5. The Hall–Kier alpha value is -2.11. The van der Waals surface area contributed by atoms with Crippen molar-refractivity contribution in [2.45, 2.75) is 12.8 Å². The summed E-state index contributed by atoms with van der Waals surface area (Å²) in [7, 11) is 0. The molecule has 2 aromatic heterocycles. The Bertz CT molecular complexity index is 885. The summed E-state index contributed by atoms with van der Waals surface area (Å²) in [4.78, 5) is 6.86. The number of hydrogen-bond donors (Lipinski definition) is 0. The minimum absolute atomic E-state index is 0.288. The van der Waals surface area contributed by atoms with Gasteiger partial charge in [-0.05, 0) is 31.0 Å². The zero-order valence-electron chi connectivity index (χ0n) is 13.3. The van der Waals surface area contributed by atoms with Crippen LogP contribution in [0.3, 0.4) is 0 Å². The van der Waals surface area contributed by atoms with Crippen molar-refractivity contribution in [2.24, 2.45) is 0 Å². The summed E-state index contributed by atoms with van der Waals surface area (Å²) in [5.74, 6) is 0.819. The molecule has 0 N–H and O–H groups in total. The van der Waals surface area contributed by atoms with Crippen LogP contribution in [0.15, 0.2) is 42.7 Å². The maximum atomic E-state index is 14.6. The third kappa shape index (κ3) is 2.98. The summed E-state index contributed by atoms with van der Waals surface area (Å²) < 4.78 is 16.2. The first kappa shape index (κ1) is 16.4. The van der Waals surface area contributed by atoms with E-state index in [0.29, 0.717) is 27.2 Å². The monoisotopic (exact) mass is 376 g/mol. The van der Waals surface area contributed by atoms with Gasteiger partial charge in [0.25, 0.3) is 0 Å². The van der Waals surface area contributed by atoms with E-state index in [9.17, 15) is 4.39 Å². The lowest BCUT2D eigenvalue weighted by atomic mass is 10.0. The fourth-order valence-electron chi connectivity index (χ4n) is 3.14. The van der Waals surface area contributed by atoms with Crippen molar-refractivity contribution in [1.82, 2.24) is 14.8 Å². The van der Waals surface area contributed by atoms with E-state index in [0.717, 1.165) is 25.9 Å². The molecule has 4 rings (SSSR count). The second-order valence-electron chi connectivity index (χ2n) is 5.90. The van der Waals surface area contributed by atoms with Crippen LogP contribution < -0.4 is 4.90 Å². The van der Waals surface area contributed by atoms with Gasteiger partial charge >= 0.3 is 0 Å². The maximum absolute atomic E-state index is 14.6. The molecule has 7 heteroatoms. The molecule has 1 saturated heterocycles. The number of benzene rings is 1. The van der Waals surface area contributed by atoms with Gasteiger partial charge in [0.1, 0.15) is 11.6 Å². The normalized spacial score (nSPS) is 14.3. The minimum atomic E-state index is -0.413. The molecule has 4 nitrogen and oxygen atoms in total. The quantitative estimate of drug-likeness (QED) is 0.646. The summed E-state index contributed by atoms with van der Waals surface area (Å²) in [5.41, 5.74) is 0.818. The summed E-state index contributed by atoms with van der Waals surface area (Å²) in [6.07, 6.45) is 5.60. The molecule has 128 valence electrons. The van der Waals surface area contributed by atoms with E-state index in [1.807, 2.05) is 6.07 Å². The van der Waals surface area contributed by atoms with Gasteiger partial charge in [-0.25, -0.2) is 14.1 Å². The molecule has 25 heavy (non-hydrogen) atoms. The average molecular weight is 377 g/mol. The fourth-order valence-corrected chi connectivity index (χ4v) is 3.67. The average Bonchev–Trinajstić information content (AvgIpc) is 3.29. The smallest absolute Gasteiger partial charge is 0.157 e. The number of anilines is 1. The number of rotatable bonds is 3. The molecule has 3 heterocycles. The second kappa shape index (κ2) is 6.65. The first-order chi connectivity index (χ1) is 12.1. The zero-order chi connectivity index (χ0) is 17.4. The van der Waals surface area contributed by atoms with Crippen LogP contribution in [0, 0.1) is 5.82 Å². The Morgan fingerprint density at radius 1 is 1.00 bits per heavy atom. The van der Waals surface area contributed by atoms with Crippen molar-refractivity contribution in [3.05, 3.63) is 58.6 Å². The van der Waals surface area contributed by atoms with Crippen molar-refractivity contribution in [2.75, 3.05) is 18.0 Å². The van der Waals surface area contributed by atoms with E-state index >= 15 is 0 Å². The molecule has 0 radical (unpaired) electrons. The molecule has 0 unspecified atom stereocenters. The van der Waals surface area contributed by atoms with Crippen LogP contribution >= 0.6 is 23.2 Å². The zero-order valence-corrected chi connectivity index (χ0v) is 14.8. The molecular formula is C18H15Cl2FN4. The van der Waals surface area contributed by atoms with Gasteiger partial charge in [-0.3, -0.25) is 0 Å². The highest BCUT2D eigenvalue weighted by Gasteiger charge is 2.25. The summed E-state index contributed by atoms with van der Waals surface area (Å²) >= 11 is 12.9. The molecule has 3 aromatic rings. The van der Waals surface area contributed by atoms with E-state index in [-0.39, 0.29) is 5.56 Å².